The number of benzene rings is 2. The number of nitrogens with one attached hydrogen (secondary N) is 1. The quantitative estimate of drug-likeness (QED) is 0.911. The number of halogens is 1. The highest BCUT2D eigenvalue weighted by Crippen LogP contribution is 2.25. The van der Waals surface area contributed by atoms with Crippen molar-refractivity contribution in [3.63, 3.8) is 0 Å². The lowest BCUT2D eigenvalue weighted by molar-refractivity contribution is 0.600. The van der Waals surface area contributed by atoms with Crippen molar-refractivity contribution in [3.05, 3.63) is 57.6 Å². The van der Waals surface area contributed by atoms with Gasteiger partial charge in [-0.3, -0.25) is 4.72 Å². The molecular formula is C16H18ClNO2S. The zero-order valence-corrected chi connectivity index (χ0v) is 14.1. The van der Waals surface area contributed by atoms with Crippen LogP contribution in [0.1, 0.15) is 22.3 Å². The number of sulfonamides is 1. The van der Waals surface area contributed by atoms with E-state index in [0.29, 0.717) is 15.6 Å². The average Bonchev–Trinajstić information content (AvgIpc) is 2.37. The average molecular weight is 324 g/mol. The molecule has 0 fully saturated rings. The second kappa shape index (κ2) is 5.70. The lowest BCUT2D eigenvalue weighted by Crippen LogP contribution is -2.14. The lowest BCUT2D eigenvalue weighted by Gasteiger charge is -2.13. The van der Waals surface area contributed by atoms with Crippen LogP contribution in [-0.4, -0.2) is 8.42 Å². The molecule has 112 valence electrons. The van der Waals surface area contributed by atoms with E-state index < -0.39 is 10.0 Å². The van der Waals surface area contributed by atoms with Crippen molar-refractivity contribution < 1.29 is 8.42 Å². The van der Waals surface area contributed by atoms with Crippen LogP contribution in [0.3, 0.4) is 0 Å². The second-order valence-corrected chi connectivity index (χ2v) is 7.33. The van der Waals surface area contributed by atoms with Crippen LogP contribution in [0, 0.1) is 27.7 Å². The van der Waals surface area contributed by atoms with Gasteiger partial charge in [-0.1, -0.05) is 23.7 Å². The molecule has 0 aromatic heterocycles. The van der Waals surface area contributed by atoms with Gasteiger partial charge in [-0.25, -0.2) is 8.42 Å². The van der Waals surface area contributed by atoms with E-state index in [2.05, 4.69) is 4.72 Å². The Morgan fingerprint density at radius 2 is 1.48 bits per heavy atom. The summed E-state index contributed by atoms with van der Waals surface area (Å²) in [5.74, 6) is 0. The number of aryl methyl sites for hydroxylation is 4. The largest absolute Gasteiger partial charge is 0.280 e. The molecule has 0 aliphatic carbocycles. The third-order valence-corrected chi connectivity index (χ3v) is 5.44. The summed E-state index contributed by atoms with van der Waals surface area (Å²) >= 11 is 6.03. The molecule has 0 heterocycles. The normalized spacial score (nSPS) is 11.5. The highest BCUT2D eigenvalue weighted by Gasteiger charge is 2.18. The van der Waals surface area contributed by atoms with Crippen molar-refractivity contribution in [2.45, 2.75) is 32.6 Å². The summed E-state index contributed by atoms with van der Waals surface area (Å²) in [7, 11) is -3.62. The first kappa shape index (κ1) is 15.9. The van der Waals surface area contributed by atoms with E-state index >= 15 is 0 Å². The van der Waals surface area contributed by atoms with Crippen molar-refractivity contribution in [1.82, 2.24) is 0 Å². The minimum Gasteiger partial charge on any atom is -0.280 e. The zero-order valence-electron chi connectivity index (χ0n) is 12.5. The van der Waals surface area contributed by atoms with Crippen molar-refractivity contribution >= 4 is 27.3 Å². The van der Waals surface area contributed by atoms with Gasteiger partial charge in [-0.05, 0) is 68.1 Å². The molecule has 0 aliphatic rings. The van der Waals surface area contributed by atoms with Gasteiger partial charge in [0.2, 0.25) is 0 Å². The molecule has 0 unspecified atom stereocenters. The van der Waals surface area contributed by atoms with Gasteiger partial charge in [0.25, 0.3) is 10.0 Å². The first-order valence-electron chi connectivity index (χ1n) is 6.57. The van der Waals surface area contributed by atoms with Crippen LogP contribution in [0.25, 0.3) is 0 Å². The molecule has 21 heavy (non-hydrogen) atoms. The smallest absolute Gasteiger partial charge is 0.262 e. The van der Waals surface area contributed by atoms with Gasteiger partial charge in [0.1, 0.15) is 0 Å². The standard InChI is InChI=1S/C16H18ClNO2S/c1-10-5-6-14(9-15(10)17)18-21(19,20)16-8-12(3)11(2)7-13(16)4/h5-9,18H,1-4H3. The molecule has 0 saturated carbocycles. The first-order chi connectivity index (χ1) is 9.70. The predicted octanol–water partition coefficient (Wildman–Crippen LogP) is 4.37. The SMILES string of the molecule is Cc1cc(C)c(S(=O)(=O)Nc2ccc(C)c(Cl)c2)cc1C. The fourth-order valence-electron chi connectivity index (χ4n) is 2.09. The third kappa shape index (κ3) is 3.39. The van der Waals surface area contributed by atoms with E-state index in [0.717, 1.165) is 22.3 Å². The second-order valence-electron chi connectivity index (χ2n) is 5.27. The number of anilines is 1. The minimum atomic E-state index is -3.62. The van der Waals surface area contributed by atoms with Crippen LogP contribution in [0.5, 0.6) is 0 Å². The maximum absolute atomic E-state index is 12.5. The highest BCUT2D eigenvalue weighted by molar-refractivity contribution is 7.92. The van der Waals surface area contributed by atoms with E-state index in [1.165, 1.54) is 0 Å². The Morgan fingerprint density at radius 1 is 0.857 bits per heavy atom. The third-order valence-electron chi connectivity index (χ3n) is 3.50. The molecule has 2 aromatic rings. The molecule has 0 bridgehead atoms. The minimum absolute atomic E-state index is 0.294. The maximum Gasteiger partial charge on any atom is 0.262 e. The van der Waals surface area contributed by atoms with Gasteiger partial charge in [-0.2, -0.15) is 0 Å². The van der Waals surface area contributed by atoms with Gasteiger partial charge < -0.3 is 0 Å². The summed E-state index contributed by atoms with van der Waals surface area (Å²) in [4.78, 5) is 0.294. The molecule has 5 heteroatoms. The van der Waals surface area contributed by atoms with Crippen molar-refractivity contribution in [2.75, 3.05) is 4.72 Å². The van der Waals surface area contributed by atoms with Crippen LogP contribution < -0.4 is 4.72 Å². The predicted molar refractivity (Wildman–Crippen MR) is 87.7 cm³/mol. The van der Waals surface area contributed by atoms with Crippen molar-refractivity contribution in [3.8, 4) is 0 Å². The summed E-state index contributed by atoms with van der Waals surface area (Å²) in [5, 5.41) is 0.534. The number of hydrogen-bond donors (Lipinski definition) is 1. The van der Waals surface area contributed by atoms with Crippen LogP contribution in [0.4, 0.5) is 5.69 Å². The maximum atomic E-state index is 12.5. The summed E-state index contributed by atoms with van der Waals surface area (Å²) in [6.45, 7) is 7.53. The molecule has 3 nitrogen and oxygen atoms in total. The van der Waals surface area contributed by atoms with Gasteiger partial charge in [0, 0.05) is 5.02 Å². The molecule has 0 spiro atoms. The Labute approximate surface area is 131 Å². The monoisotopic (exact) mass is 323 g/mol. The fourth-order valence-corrected chi connectivity index (χ4v) is 3.63. The van der Waals surface area contributed by atoms with E-state index in [9.17, 15) is 8.42 Å². The highest BCUT2D eigenvalue weighted by atomic mass is 35.5. The van der Waals surface area contributed by atoms with E-state index in [-0.39, 0.29) is 0 Å². The summed E-state index contributed by atoms with van der Waals surface area (Å²) < 4.78 is 27.6. The molecular weight excluding hydrogens is 306 g/mol. The van der Waals surface area contributed by atoms with Crippen LogP contribution >= 0.6 is 11.6 Å². The Balaban J connectivity index is 2.43. The Bertz CT molecular complexity index is 798. The summed E-state index contributed by atoms with van der Waals surface area (Å²) in [6, 6.07) is 8.68. The van der Waals surface area contributed by atoms with Crippen LogP contribution in [0.15, 0.2) is 35.2 Å². The summed E-state index contributed by atoms with van der Waals surface area (Å²) in [5.41, 5.74) is 4.11. The summed E-state index contributed by atoms with van der Waals surface area (Å²) in [6.07, 6.45) is 0. The van der Waals surface area contributed by atoms with Crippen LogP contribution in [-0.2, 0) is 10.0 Å². The van der Waals surface area contributed by atoms with Crippen molar-refractivity contribution in [1.29, 1.82) is 0 Å². The zero-order chi connectivity index (χ0) is 15.8. The van der Waals surface area contributed by atoms with Gasteiger partial charge in [0.15, 0.2) is 0 Å². The molecule has 0 aliphatic heterocycles. The number of rotatable bonds is 3. The van der Waals surface area contributed by atoms with Gasteiger partial charge in [0.05, 0.1) is 10.6 Å². The molecule has 0 atom stereocenters. The molecule has 1 N–H and O–H groups in total. The molecule has 0 amide bonds. The lowest BCUT2D eigenvalue weighted by atomic mass is 10.1. The Morgan fingerprint density at radius 3 is 2.10 bits per heavy atom. The number of hydrogen-bond acceptors (Lipinski definition) is 2. The molecule has 2 rings (SSSR count). The molecule has 0 saturated heterocycles. The Hall–Kier alpha value is -1.52. The van der Waals surface area contributed by atoms with Gasteiger partial charge >= 0.3 is 0 Å². The van der Waals surface area contributed by atoms with Crippen molar-refractivity contribution in [2.24, 2.45) is 0 Å². The fraction of sp³-hybridized carbons (Fsp3) is 0.250. The van der Waals surface area contributed by atoms with E-state index in [1.54, 1.807) is 31.2 Å². The van der Waals surface area contributed by atoms with Gasteiger partial charge in [-0.15, -0.1) is 0 Å². The first-order valence-corrected chi connectivity index (χ1v) is 8.43. The van der Waals surface area contributed by atoms with Crippen LogP contribution in [0.2, 0.25) is 5.02 Å². The Kier molecular flexibility index (Phi) is 4.30. The molecule has 2 aromatic carbocycles. The van der Waals surface area contributed by atoms with E-state index in [1.807, 2.05) is 26.8 Å². The molecule has 0 radical (unpaired) electrons. The van der Waals surface area contributed by atoms with E-state index in [4.69, 9.17) is 11.6 Å². The topological polar surface area (TPSA) is 46.2 Å².